The minimum absolute atomic E-state index is 0.0930. The second kappa shape index (κ2) is 8.73. The minimum atomic E-state index is -2.75. The lowest BCUT2D eigenvalue weighted by Crippen LogP contribution is -2.44. The van der Waals surface area contributed by atoms with Crippen molar-refractivity contribution in [2.24, 2.45) is 4.36 Å². The molecule has 2 rings (SSSR count). The van der Waals surface area contributed by atoms with Crippen LogP contribution in [0, 0.1) is 0 Å². The first-order valence-corrected chi connectivity index (χ1v) is 10.9. The van der Waals surface area contributed by atoms with Crippen molar-refractivity contribution in [3.8, 4) is 0 Å². The highest BCUT2D eigenvalue weighted by atomic mass is 32.2. The molecule has 0 aliphatic carbocycles. The van der Waals surface area contributed by atoms with Crippen LogP contribution < -0.4 is 0 Å². The first-order valence-electron chi connectivity index (χ1n) is 8.96. The van der Waals surface area contributed by atoms with Crippen LogP contribution in [0.2, 0.25) is 0 Å². The van der Waals surface area contributed by atoms with Crippen molar-refractivity contribution in [3.63, 3.8) is 0 Å². The number of carbonyl (C=O) groups is 2. The van der Waals surface area contributed by atoms with E-state index in [2.05, 4.69) is 4.36 Å². The molecule has 1 saturated heterocycles. The quantitative estimate of drug-likeness (QED) is 0.775. The van der Waals surface area contributed by atoms with Crippen LogP contribution in [-0.2, 0) is 25.8 Å². The lowest BCUT2D eigenvalue weighted by atomic mass is 10.1. The Morgan fingerprint density at radius 2 is 1.78 bits per heavy atom. The van der Waals surface area contributed by atoms with Crippen molar-refractivity contribution in [1.82, 2.24) is 4.90 Å². The van der Waals surface area contributed by atoms with E-state index >= 15 is 0 Å². The molecular formula is C19H28N2O5S. The van der Waals surface area contributed by atoms with E-state index in [1.807, 2.05) is 51.1 Å². The molecule has 1 atom stereocenters. The molecule has 0 N–H and O–H groups in total. The van der Waals surface area contributed by atoms with Crippen LogP contribution in [0.1, 0.15) is 39.2 Å². The van der Waals surface area contributed by atoms with Gasteiger partial charge in [-0.25, -0.2) is 13.8 Å². The molecule has 0 bridgehead atoms. The van der Waals surface area contributed by atoms with Crippen LogP contribution in [0.25, 0.3) is 0 Å². The Hall–Kier alpha value is -2.09. The molecule has 1 aliphatic heterocycles. The third-order valence-electron chi connectivity index (χ3n) is 4.17. The van der Waals surface area contributed by atoms with E-state index in [4.69, 9.17) is 9.47 Å². The Labute approximate surface area is 161 Å². The predicted molar refractivity (Wildman–Crippen MR) is 104 cm³/mol. The van der Waals surface area contributed by atoms with Gasteiger partial charge in [0, 0.05) is 24.6 Å². The average molecular weight is 397 g/mol. The van der Waals surface area contributed by atoms with Crippen LogP contribution in [-0.4, -0.2) is 51.5 Å². The molecule has 2 amide bonds. The molecule has 27 heavy (non-hydrogen) atoms. The van der Waals surface area contributed by atoms with Crippen LogP contribution in [0.3, 0.4) is 0 Å². The molecule has 0 aromatic heterocycles. The SMILES string of the molecule is CC(C)(C)OC(=O)N1CCC(S(C)(=O)=NC(=O)OCc2ccccc2)CC1. The summed E-state index contributed by atoms with van der Waals surface area (Å²) in [7, 11) is -2.75. The molecule has 7 nitrogen and oxygen atoms in total. The van der Waals surface area contributed by atoms with Gasteiger partial charge in [-0.2, -0.15) is 0 Å². The van der Waals surface area contributed by atoms with E-state index in [-0.39, 0.29) is 18.0 Å². The third kappa shape index (κ3) is 6.86. The third-order valence-corrected chi connectivity index (χ3v) is 6.39. The van der Waals surface area contributed by atoms with Crippen molar-refractivity contribution < 1.29 is 23.3 Å². The molecule has 1 unspecified atom stereocenters. The second-order valence-electron chi connectivity index (χ2n) is 7.66. The van der Waals surface area contributed by atoms with Gasteiger partial charge in [0.05, 0.1) is 9.73 Å². The van der Waals surface area contributed by atoms with Crippen molar-refractivity contribution in [2.75, 3.05) is 19.3 Å². The molecule has 0 spiro atoms. The van der Waals surface area contributed by atoms with Gasteiger partial charge in [-0.05, 0) is 39.2 Å². The average Bonchev–Trinajstić information content (AvgIpc) is 2.59. The maximum absolute atomic E-state index is 12.9. The molecule has 1 fully saturated rings. The first-order chi connectivity index (χ1) is 12.6. The normalized spacial score (nSPS) is 17.7. The fourth-order valence-electron chi connectivity index (χ4n) is 2.77. The van der Waals surface area contributed by atoms with Gasteiger partial charge in [0.25, 0.3) is 0 Å². The molecule has 1 aromatic carbocycles. The molecule has 1 aromatic rings. The highest BCUT2D eigenvalue weighted by Gasteiger charge is 2.30. The number of piperidine rings is 1. The Morgan fingerprint density at radius 1 is 1.19 bits per heavy atom. The zero-order valence-electron chi connectivity index (χ0n) is 16.3. The van der Waals surface area contributed by atoms with Crippen LogP contribution in [0.5, 0.6) is 0 Å². The highest BCUT2D eigenvalue weighted by molar-refractivity contribution is 7.93. The summed E-state index contributed by atoms with van der Waals surface area (Å²) in [4.78, 5) is 25.7. The Bertz CT molecular complexity index is 771. The number of benzene rings is 1. The zero-order valence-corrected chi connectivity index (χ0v) is 17.2. The number of nitrogens with zero attached hydrogens (tertiary/aromatic N) is 2. The van der Waals surface area contributed by atoms with E-state index in [1.54, 1.807) is 4.90 Å². The van der Waals surface area contributed by atoms with Gasteiger partial charge in [0.15, 0.2) is 0 Å². The highest BCUT2D eigenvalue weighted by Crippen LogP contribution is 2.21. The van der Waals surface area contributed by atoms with Crippen molar-refractivity contribution >= 4 is 21.9 Å². The number of amides is 2. The summed E-state index contributed by atoms with van der Waals surface area (Å²) in [6, 6.07) is 9.24. The lowest BCUT2D eigenvalue weighted by molar-refractivity contribution is 0.0218. The maximum Gasteiger partial charge on any atom is 0.442 e. The van der Waals surface area contributed by atoms with Gasteiger partial charge in [-0.15, -0.1) is 4.36 Å². The smallest absolute Gasteiger partial charge is 0.442 e. The predicted octanol–water partition coefficient (Wildman–Crippen LogP) is 3.82. The van der Waals surface area contributed by atoms with Gasteiger partial charge in [0.1, 0.15) is 12.2 Å². The number of rotatable bonds is 3. The Kier molecular flexibility index (Phi) is 6.86. The van der Waals surface area contributed by atoms with Crippen LogP contribution in [0.15, 0.2) is 34.7 Å². The van der Waals surface area contributed by atoms with Crippen LogP contribution >= 0.6 is 0 Å². The largest absolute Gasteiger partial charge is 0.444 e. The zero-order chi connectivity index (χ0) is 20.1. The van der Waals surface area contributed by atoms with Gasteiger partial charge in [-0.3, -0.25) is 0 Å². The van der Waals surface area contributed by atoms with Gasteiger partial charge in [0.2, 0.25) is 0 Å². The van der Waals surface area contributed by atoms with E-state index in [9.17, 15) is 13.8 Å². The standard InChI is InChI=1S/C19H28N2O5S/c1-19(2,3)26-18(23)21-12-10-16(11-13-21)27(4,24)20-17(22)25-14-15-8-6-5-7-9-15/h5-9,16H,10-14H2,1-4H3. The van der Waals surface area contributed by atoms with Gasteiger partial charge in [-0.1, -0.05) is 30.3 Å². The topological polar surface area (TPSA) is 85.3 Å². The summed E-state index contributed by atoms with van der Waals surface area (Å²) < 4.78 is 27.1. The summed E-state index contributed by atoms with van der Waals surface area (Å²) in [5.41, 5.74) is 0.290. The molecule has 1 heterocycles. The van der Waals surface area contributed by atoms with Crippen LogP contribution in [0.4, 0.5) is 9.59 Å². The number of ether oxygens (including phenoxy) is 2. The van der Waals surface area contributed by atoms with E-state index in [0.717, 1.165) is 5.56 Å². The number of hydrogen-bond acceptors (Lipinski definition) is 5. The fourth-order valence-corrected chi connectivity index (χ4v) is 4.35. The summed E-state index contributed by atoms with van der Waals surface area (Å²) in [6.07, 6.45) is 1.29. The Morgan fingerprint density at radius 3 is 2.33 bits per heavy atom. The molecular weight excluding hydrogens is 368 g/mol. The van der Waals surface area contributed by atoms with E-state index in [1.165, 1.54) is 6.26 Å². The van der Waals surface area contributed by atoms with Crippen molar-refractivity contribution in [2.45, 2.75) is 51.1 Å². The molecule has 8 heteroatoms. The molecule has 150 valence electrons. The summed E-state index contributed by atoms with van der Waals surface area (Å²) >= 11 is 0. The Balaban J connectivity index is 1.89. The maximum atomic E-state index is 12.9. The number of carbonyl (C=O) groups excluding carboxylic acids is 2. The van der Waals surface area contributed by atoms with Gasteiger partial charge < -0.3 is 14.4 Å². The number of hydrogen-bond donors (Lipinski definition) is 0. The monoisotopic (exact) mass is 396 g/mol. The van der Waals surface area contributed by atoms with Crippen molar-refractivity contribution in [1.29, 1.82) is 0 Å². The van der Waals surface area contributed by atoms with Crippen molar-refractivity contribution in [3.05, 3.63) is 35.9 Å². The molecule has 1 aliphatic rings. The summed E-state index contributed by atoms with van der Waals surface area (Å²) in [5, 5.41) is -0.263. The lowest BCUT2D eigenvalue weighted by Gasteiger charge is -2.33. The summed E-state index contributed by atoms with van der Waals surface area (Å²) in [6.45, 7) is 6.40. The number of likely N-dealkylation sites (tertiary alicyclic amines) is 1. The van der Waals surface area contributed by atoms with E-state index < -0.39 is 21.4 Å². The molecule has 0 saturated carbocycles. The minimum Gasteiger partial charge on any atom is -0.444 e. The first kappa shape index (κ1) is 21.2. The fraction of sp³-hybridized carbons (Fsp3) is 0.579. The summed E-state index contributed by atoms with van der Waals surface area (Å²) in [5.74, 6) is 0. The van der Waals surface area contributed by atoms with Gasteiger partial charge >= 0.3 is 12.2 Å². The second-order valence-corrected chi connectivity index (χ2v) is 10.2. The molecule has 0 radical (unpaired) electrons. The van der Waals surface area contributed by atoms with E-state index in [0.29, 0.717) is 25.9 Å².